The van der Waals surface area contributed by atoms with Gasteiger partial charge in [-0.3, -0.25) is 4.79 Å². The van der Waals surface area contributed by atoms with E-state index in [0.717, 1.165) is 36.0 Å². The number of rotatable bonds is 5. The van der Waals surface area contributed by atoms with Gasteiger partial charge in [-0.2, -0.15) is 0 Å². The molecule has 1 saturated carbocycles. The van der Waals surface area contributed by atoms with Crippen molar-refractivity contribution in [2.75, 3.05) is 7.11 Å². The Labute approximate surface area is 230 Å². The van der Waals surface area contributed by atoms with Crippen LogP contribution in [0, 0.1) is 0 Å². The molecule has 1 amide bonds. The first-order valence-electron chi connectivity index (χ1n) is 12.6. The molecule has 0 saturated heterocycles. The normalized spacial score (nSPS) is 14.6. The Kier molecular flexibility index (Phi) is 6.82. The van der Waals surface area contributed by atoms with Crippen molar-refractivity contribution in [1.82, 2.24) is 5.32 Å². The van der Waals surface area contributed by atoms with Crippen LogP contribution in [0.4, 0.5) is 4.79 Å². The summed E-state index contributed by atoms with van der Waals surface area (Å²) in [5.41, 5.74) is 2.27. The summed E-state index contributed by atoms with van der Waals surface area (Å²) in [5.74, 6) is 1.07. The Morgan fingerprint density at radius 1 is 1.00 bits per heavy atom. The molecule has 6 nitrogen and oxygen atoms in total. The van der Waals surface area contributed by atoms with E-state index in [4.69, 9.17) is 13.9 Å². The van der Waals surface area contributed by atoms with E-state index in [1.807, 2.05) is 75.4 Å². The lowest BCUT2D eigenvalue weighted by Crippen LogP contribution is -2.52. The quantitative estimate of drug-likeness (QED) is 0.262. The van der Waals surface area contributed by atoms with E-state index in [0.29, 0.717) is 32.5 Å². The van der Waals surface area contributed by atoms with E-state index in [-0.39, 0.29) is 5.43 Å². The van der Waals surface area contributed by atoms with Crippen LogP contribution in [-0.2, 0) is 10.3 Å². The number of fused-ring (bicyclic) bond motifs is 1. The maximum atomic E-state index is 13.9. The van der Waals surface area contributed by atoms with Crippen LogP contribution < -0.4 is 15.5 Å². The number of hydrogen-bond donors (Lipinski definition) is 1. The number of carbonyl (C=O) groups is 1. The molecular weight excluding hydrogens is 546 g/mol. The maximum absolute atomic E-state index is 13.9. The summed E-state index contributed by atoms with van der Waals surface area (Å²) in [7, 11) is 1.57. The fourth-order valence-electron chi connectivity index (χ4n) is 4.88. The molecule has 0 unspecified atom stereocenters. The van der Waals surface area contributed by atoms with Gasteiger partial charge in [-0.1, -0.05) is 54.6 Å². The highest BCUT2D eigenvalue weighted by Gasteiger charge is 2.41. The van der Waals surface area contributed by atoms with E-state index >= 15 is 0 Å². The van der Waals surface area contributed by atoms with Crippen LogP contribution in [0.3, 0.4) is 0 Å². The Hall–Kier alpha value is -3.58. The van der Waals surface area contributed by atoms with Crippen molar-refractivity contribution in [3.63, 3.8) is 0 Å². The van der Waals surface area contributed by atoms with Crippen molar-refractivity contribution in [3.05, 3.63) is 87.0 Å². The van der Waals surface area contributed by atoms with Crippen molar-refractivity contribution in [2.45, 2.75) is 51.2 Å². The van der Waals surface area contributed by atoms with E-state index in [2.05, 4.69) is 21.2 Å². The van der Waals surface area contributed by atoms with Crippen LogP contribution in [0.5, 0.6) is 5.75 Å². The number of benzene rings is 3. The number of ether oxygens (including phenoxy) is 2. The van der Waals surface area contributed by atoms with Crippen molar-refractivity contribution >= 4 is 33.0 Å². The van der Waals surface area contributed by atoms with E-state index in [1.165, 1.54) is 0 Å². The maximum Gasteiger partial charge on any atom is 0.408 e. The second-order valence-corrected chi connectivity index (χ2v) is 11.5. The third-order valence-electron chi connectivity index (χ3n) is 6.87. The lowest BCUT2D eigenvalue weighted by Gasteiger charge is -2.43. The molecule has 38 heavy (non-hydrogen) atoms. The average Bonchev–Trinajstić information content (AvgIpc) is 2.86. The Balaban J connectivity index is 1.60. The van der Waals surface area contributed by atoms with Crippen molar-refractivity contribution in [2.24, 2.45) is 0 Å². The standard InChI is InChI=1S/C31H30BrNO5/c1-30(2,3)38-29(35)33-31(15-8-16-31)21-13-11-19(12-14-21)26-27(34)22-17-23(32)25(36-4)18-24(22)37-28(26)20-9-6-5-7-10-20/h5-7,9-14,17-18H,8,15-16H2,1-4H3,(H,33,35). The van der Waals surface area contributed by atoms with Crippen LogP contribution in [0.1, 0.15) is 45.6 Å². The minimum Gasteiger partial charge on any atom is -0.495 e. The fourth-order valence-corrected chi connectivity index (χ4v) is 5.38. The summed E-state index contributed by atoms with van der Waals surface area (Å²) in [6, 6.07) is 20.9. The number of hydrogen-bond acceptors (Lipinski definition) is 5. The number of nitrogens with one attached hydrogen (secondary N) is 1. The minimum atomic E-state index is -0.574. The zero-order valence-corrected chi connectivity index (χ0v) is 23.5. The predicted octanol–water partition coefficient (Wildman–Crippen LogP) is 7.80. The van der Waals surface area contributed by atoms with Gasteiger partial charge in [0.05, 0.1) is 28.1 Å². The number of carbonyl (C=O) groups excluding carboxylic acids is 1. The molecule has 5 rings (SSSR count). The first kappa shape index (κ1) is 26.0. The molecule has 7 heteroatoms. The van der Waals surface area contributed by atoms with Gasteiger partial charge in [-0.05, 0) is 73.2 Å². The van der Waals surface area contributed by atoms with Crippen LogP contribution in [0.2, 0.25) is 0 Å². The molecule has 0 radical (unpaired) electrons. The minimum absolute atomic E-state index is 0.133. The molecule has 4 aromatic rings. The fraction of sp³-hybridized carbons (Fsp3) is 0.290. The lowest BCUT2D eigenvalue weighted by atomic mass is 9.71. The summed E-state index contributed by atoms with van der Waals surface area (Å²) >= 11 is 3.49. The first-order chi connectivity index (χ1) is 18.1. The molecule has 196 valence electrons. The molecular formula is C31H30BrNO5. The van der Waals surface area contributed by atoms with Gasteiger partial charge < -0.3 is 19.2 Å². The topological polar surface area (TPSA) is 77.8 Å². The van der Waals surface area contributed by atoms with Gasteiger partial charge in [0.2, 0.25) is 5.43 Å². The van der Waals surface area contributed by atoms with Gasteiger partial charge in [0, 0.05) is 11.6 Å². The third-order valence-corrected chi connectivity index (χ3v) is 7.49. The van der Waals surface area contributed by atoms with Crippen molar-refractivity contribution in [3.8, 4) is 28.2 Å². The predicted molar refractivity (Wildman–Crippen MR) is 153 cm³/mol. The van der Waals surface area contributed by atoms with E-state index in [9.17, 15) is 9.59 Å². The van der Waals surface area contributed by atoms with Crippen molar-refractivity contribution in [1.29, 1.82) is 0 Å². The molecule has 0 atom stereocenters. The number of alkyl carbamates (subject to hydrolysis) is 1. The summed E-state index contributed by atoms with van der Waals surface area (Å²) in [6.07, 6.45) is 2.25. The number of amides is 1. The summed E-state index contributed by atoms with van der Waals surface area (Å²) < 4.78 is 18.0. The van der Waals surface area contributed by atoms with Gasteiger partial charge in [-0.25, -0.2) is 4.79 Å². The smallest absolute Gasteiger partial charge is 0.408 e. The average molecular weight is 576 g/mol. The van der Waals surface area contributed by atoms with Crippen LogP contribution in [0.15, 0.2) is 80.4 Å². The zero-order chi connectivity index (χ0) is 27.1. The Morgan fingerprint density at radius 2 is 1.68 bits per heavy atom. The largest absolute Gasteiger partial charge is 0.495 e. The Bertz CT molecular complexity index is 1550. The van der Waals surface area contributed by atoms with Gasteiger partial charge in [-0.15, -0.1) is 0 Å². The zero-order valence-electron chi connectivity index (χ0n) is 21.9. The molecule has 0 bridgehead atoms. The summed E-state index contributed by atoms with van der Waals surface area (Å²) in [6.45, 7) is 5.55. The Morgan fingerprint density at radius 3 is 2.26 bits per heavy atom. The van der Waals surface area contributed by atoms with Gasteiger partial charge in [0.15, 0.2) is 0 Å². The molecule has 1 aromatic heterocycles. The van der Waals surface area contributed by atoms with Crippen molar-refractivity contribution < 1.29 is 18.7 Å². The molecule has 1 fully saturated rings. The molecule has 0 aliphatic heterocycles. The summed E-state index contributed by atoms with van der Waals surface area (Å²) in [4.78, 5) is 26.5. The molecule has 1 N–H and O–H groups in total. The molecule has 1 heterocycles. The summed E-state index contributed by atoms with van der Waals surface area (Å²) in [5, 5.41) is 3.55. The molecule has 1 aliphatic rings. The van der Waals surface area contributed by atoms with Gasteiger partial charge >= 0.3 is 6.09 Å². The lowest BCUT2D eigenvalue weighted by molar-refractivity contribution is 0.0377. The highest BCUT2D eigenvalue weighted by Crippen LogP contribution is 2.43. The number of halogens is 1. The SMILES string of the molecule is COc1cc2oc(-c3ccccc3)c(-c3ccc(C4(NC(=O)OC(C)(C)C)CCC4)cc3)c(=O)c2cc1Br. The highest BCUT2D eigenvalue weighted by molar-refractivity contribution is 9.10. The van der Waals surface area contributed by atoms with Gasteiger partial charge in [0.25, 0.3) is 0 Å². The van der Waals surface area contributed by atoms with Crippen LogP contribution >= 0.6 is 15.9 Å². The molecule has 0 spiro atoms. The van der Waals surface area contributed by atoms with Gasteiger partial charge in [0.1, 0.15) is 22.7 Å². The second-order valence-electron chi connectivity index (χ2n) is 10.6. The highest BCUT2D eigenvalue weighted by atomic mass is 79.9. The second kappa shape index (κ2) is 9.95. The molecule has 1 aliphatic carbocycles. The monoisotopic (exact) mass is 575 g/mol. The molecule has 3 aromatic carbocycles. The van der Waals surface area contributed by atoms with Crippen LogP contribution in [0.25, 0.3) is 33.4 Å². The van der Waals surface area contributed by atoms with E-state index in [1.54, 1.807) is 19.2 Å². The van der Waals surface area contributed by atoms with Crippen LogP contribution in [-0.4, -0.2) is 18.8 Å². The first-order valence-corrected chi connectivity index (χ1v) is 13.4. The van der Waals surface area contributed by atoms with E-state index < -0.39 is 17.2 Å². The number of methoxy groups -OCH3 is 1. The third kappa shape index (κ3) is 4.95.